The first-order chi connectivity index (χ1) is 12.0. The van der Waals surface area contributed by atoms with Crippen LogP contribution in [0.3, 0.4) is 0 Å². The minimum atomic E-state index is -0.478. The van der Waals surface area contributed by atoms with Crippen LogP contribution in [0.1, 0.15) is 35.2 Å². The van der Waals surface area contributed by atoms with Crippen LogP contribution in [0.5, 0.6) is 0 Å². The summed E-state index contributed by atoms with van der Waals surface area (Å²) in [5, 5.41) is 24.4. The quantitative estimate of drug-likeness (QED) is 0.470. The molecule has 0 spiro atoms. The number of carbonyl (C=O) groups is 1. The molecule has 0 radical (unpaired) electrons. The SMILES string of the molecule is Cn1cc(C(=O)CC2CCCN2c2ccc(C#N)cc2[N+](=O)[O-])cn1. The summed E-state index contributed by atoms with van der Waals surface area (Å²) in [6.45, 7) is 0.651. The van der Waals surface area contributed by atoms with Crippen LogP contribution in [0.2, 0.25) is 0 Å². The van der Waals surface area contributed by atoms with E-state index in [-0.39, 0.29) is 29.5 Å². The molecule has 0 saturated carbocycles. The largest absolute Gasteiger partial charge is 0.363 e. The Hall–Kier alpha value is -3.21. The number of nitro benzene ring substituents is 1. The fourth-order valence-corrected chi connectivity index (χ4v) is 3.24. The van der Waals surface area contributed by atoms with Crippen molar-refractivity contribution in [2.45, 2.75) is 25.3 Å². The lowest BCUT2D eigenvalue weighted by atomic mass is 10.0. The number of Topliss-reactive ketones (excluding diaryl/α,β-unsaturated/α-hetero) is 1. The van der Waals surface area contributed by atoms with E-state index in [0.29, 0.717) is 17.8 Å². The van der Waals surface area contributed by atoms with Crippen molar-refractivity contribution in [3.63, 3.8) is 0 Å². The van der Waals surface area contributed by atoms with Gasteiger partial charge in [0.15, 0.2) is 5.78 Å². The molecule has 0 bridgehead atoms. The van der Waals surface area contributed by atoms with E-state index in [4.69, 9.17) is 5.26 Å². The van der Waals surface area contributed by atoms with Gasteiger partial charge in [-0.1, -0.05) is 0 Å². The molecule has 8 nitrogen and oxygen atoms in total. The second-order valence-corrected chi connectivity index (χ2v) is 6.09. The summed E-state index contributed by atoms with van der Waals surface area (Å²) in [5.74, 6) is -0.0266. The Bertz CT molecular complexity index is 867. The molecule has 1 fully saturated rings. The van der Waals surface area contributed by atoms with Crippen LogP contribution >= 0.6 is 0 Å². The first-order valence-corrected chi connectivity index (χ1v) is 7.96. The Labute approximate surface area is 144 Å². The van der Waals surface area contributed by atoms with E-state index in [1.807, 2.05) is 11.0 Å². The molecule has 0 aliphatic carbocycles. The second-order valence-electron chi connectivity index (χ2n) is 6.09. The van der Waals surface area contributed by atoms with Crippen molar-refractivity contribution >= 4 is 17.2 Å². The predicted octanol–water partition coefficient (Wildman–Crippen LogP) is 2.44. The number of carbonyl (C=O) groups excluding carboxylic acids is 1. The summed E-state index contributed by atoms with van der Waals surface area (Å²) in [5.41, 5.74) is 1.16. The highest BCUT2D eigenvalue weighted by atomic mass is 16.6. The molecule has 2 aromatic rings. The number of nitro groups is 1. The summed E-state index contributed by atoms with van der Waals surface area (Å²) < 4.78 is 1.57. The maximum Gasteiger partial charge on any atom is 0.293 e. The van der Waals surface area contributed by atoms with Crippen molar-refractivity contribution in [2.24, 2.45) is 7.05 Å². The number of rotatable bonds is 5. The number of benzene rings is 1. The highest BCUT2D eigenvalue weighted by molar-refractivity contribution is 5.96. The van der Waals surface area contributed by atoms with Gasteiger partial charge in [-0.25, -0.2) is 0 Å². The molecule has 0 N–H and O–H groups in total. The maximum atomic E-state index is 12.5. The van der Waals surface area contributed by atoms with Gasteiger partial charge >= 0.3 is 0 Å². The molecule has 128 valence electrons. The van der Waals surface area contributed by atoms with E-state index >= 15 is 0 Å². The third kappa shape index (κ3) is 3.35. The van der Waals surface area contributed by atoms with Crippen molar-refractivity contribution < 1.29 is 9.72 Å². The van der Waals surface area contributed by atoms with E-state index in [1.165, 1.54) is 12.3 Å². The highest BCUT2D eigenvalue weighted by Gasteiger charge is 2.31. The average molecular weight is 339 g/mol. The van der Waals surface area contributed by atoms with Gasteiger partial charge < -0.3 is 4.90 Å². The standard InChI is InChI=1S/C17H17N5O3/c1-20-11-13(10-19-20)17(23)8-14-3-2-6-21(14)15-5-4-12(9-18)7-16(15)22(24)25/h4-5,7,10-11,14H,2-3,6,8H2,1H3. The molecular formula is C17H17N5O3. The molecular weight excluding hydrogens is 322 g/mol. The van der Waals surface area contributed by atoms with E-state index in [0.717, 1.165) is 12.8 Å². The smallest absolute Gasteiger partial charge is 0.293 e. The van der Waals surface area contributed by atoms with Gasteiger partial charge in [0.05, 0.1) is 28.3 Å². The summed E-state index contributed by atoms with van der Waals surface area (Å²) in [4.78, 5) is 25.3. The molecule has 1 aromatic heterocycles. The van der Waals surface area contributed by atoms with Crippen molar-refractivity contribution in [1.82, 2.24) is 9.78 Å². The normalized spacial score (nSPS) is 16.6. The molecule has 25 heavy (non-hydrogen) atoms. The first kappa shape index (κ1) is 16.6. The third-order valence-electron chi connectivity index (χ3n) is 4.44. The topological polar surface area (TPSA) is 105 Å². The van der Waals surface area contributed by atoms with Gasteiger partial charge in [0.1, 0.15) is 5.69 Å². The van der Waals surface area contributed by atoms with E-state index < -0.39 is 4.92 Å². The Morgan fingerprint density at radius 1 is 1.52 bits per heavy atom. The molecule has 0 amide bonds. The number of hydrogen-bond donors (Lipinski definition) is 0. The number of nitriles is 1. The highest BCUT2D eigenvalue weighted by Crippen LogP contribution is 2.35. The van der Waals surface area contributed by atoms with E-state index in [9.17, 15) is 14.9 Å². The van der Waals surface area contributed by atoms with Gasteiger partial charge in [-0.05, 0) is 25.0 Å². The Kier molecular flexibility index (Phi) is 4.48. The Morgan fingerprint density at radius 2 is 2.32 bits per heavy atom. The lowest BCUT2D eigenvalue weighted by molar-refractivity contribution is -0.384. The number of anilines is 1. The minimum Gasteiger partial charge on any atom is -0.363 e. The van der Waals surface area contributed by atoms with Crippen molar-refractivity contribution in [1.29, 1.82) is 5.26 Å². The molecule has 1 saturated heterocycles. The monoisotopic (exact) mass is 339 g/mol. The fraction of sp³-hybridized carbons (Fsp3) is 0.353. The van der Waals surface area contributed by atoms with Crippen molar-refractivity contribution in [2.75, 3.05) is 11.4 Å². The summed E-state index contributed by atoms with van der Waals surface area (Å²) in [6, 6.07) is 6.28. The first-order valence-electron chi connectivity index (χ1n) is 7.96. The fourth-order valence-electron chi connectivity index (χ4n) is 3.24. The average Bonchev–Trinajstić information content (AvgIpc) is 3.23. The number of ketones is 1. The van der Waals surface area contributed by atoms with Gasteiger partial charge in [-0.3, -0.25) is 19.6 Å². The number of aromatic nitrogens is 2. The number of nitrogens with zero attached hydrogens (tertiary/aromatic N) is 5. The van der Waals surface area contributed by atoms with E-state index in [2.05, 4.69) is 5.10 Å². The third-order valence-corrected chi connectivity index (χ3v) is 4.44. The molecule has 1 aromatic carbocycles. The van der Waals surface area contributed by atoms with Crippen LogP contribution in [-0.4, -0.2) is 33.1 Å². The number of aryl methyl sites for hydroxylation is 1. The van der Waals surface area contributed by atoms with Crippen molar-refractivity contribution in [3.05, 3.63) is 51.8 Å². The van der Waals surface area contributed by atoms with Crippen LogP contribution in [-0.2, 0) is 7.05 Å². The van der Waals surface area contributed by atoms with E-state index in [1.54, 1.807) is 30.1 Å². The summed E-state index contributed by atoms with van der Waals surface area (Å²) >= 11 is 0. The lowest BCUT2D eigenvalue weighted by Crippen LogP contribution is -2.31. The van der Waals surface area contributed by atoms with Crippen LogP contribution in [0, 0.1) is 21.4 Å². The molecule has 1 aliphatic heterocycles. The zero-order chi connectivity index (χ0) is 18.0. The summed E-state index contributed by atoms with van der Waals surface area (Å²) in [7, 11) is 1.75. The molecule has 1 unspecified atom stereocenters. The maximum absolute atomic E-state index is 12.5. The molecule has 8 heteroatoms. The molecule has 1 atom stereocenters. The zero-order valence-electron chi connectivity index (χ0n) is 13.8. The Morgan fingerprint density at radius 3 is 2.96 bits per heavy atom. The predicted molar refractivity (Wildman–Crippen MR) is 90.3 cm³/mol. The lowest BCUT2D eigenvalue weighted by Gasteiger charge is -2.26. The van der Waals surface area contributed by atoms with Gasteiger partial charge in [-0.2, -0.15) is 10.4 Å². The molecule has 2 heterocycles. The van der Waals surface area contributed by atoms with Gasteiger partial charge in [0.2, 0.25) is 0 Å². The zero-order valence-corrected chi connectivity index (χ0v) is 13.8. The van der Waals surface area contributed by atoms with Gasteiger partial charge in [0.25, 0.3) is 5.69 Å². The number of hydrogen-bond acceptors (Lipinski definition) is 6. The minimum absolute atomic E-state index is 0.0266. The molecule has 1 aliphatic rings. The summed E-state index contributed by atoms with van der Waals surface area (Å²) in [6.07, 6.45) is 5.14. The molecule has 3 rings (SSSR count). The Balaban J connectivity index is 1.86. The van der Waals surface area contributed by atoms with Crippen LogP contribution in [0.25, 0.3) is 0 Å². The van der Waals surface area contributed by atoms with Crippen LogP contribution in [0.15, 0.2) is 30.6 Å². The van der Waals surface area contributed by atoms with Crippen LogP contribution < -0.4 is 4.90 Å². The second kappa shape index (κ2) is 6.73. The van der Waals surface area contributed by atoms with Gasteiger partial charge in [0, 0.05) is 38.3 Å². The van der Waals surface area contributed by atoms with Gasteiger partial charge in [-0.15, -0.1) is 0 Å². The van der Waals surface area contributed by atoms with Crippen molar-refractivity contribution in [3.8, 4) is 6.07 Å². The van der Waals surface area contributed by atoms with Crippen LogP contribution in [0.4, 0.5) is 11.4 Å².